The third-order valence-electron chi connectivity index (χ3n) is 0.855. The fourth-order valence-electron chi connectivity index (χ4n) is 0.438. The van der Waals surface area contributed by atoms with Crippen molar-refractivity contribution in [1.29, 1.82) is 0 Å². The second kappa shape index (κ2) is 2.23. The zero-order valence-electron chi connectivity index (χ0n) is 4.50. The van der Waals surface area contributed by atoms with Gasteiger partial charge in [-0.3, -0.25) is 0 Å². The van der Waals surface area contributed by atoms with E-state index in [2.05, 4.69) is 20.9 Å². The number of nitrogen functional groups attached to an aromatic ring is 1. The highest BCUT2D eigenvalue weighted by molar-refractivity contribution is 9.10. The van der Waals surface area contributed by atoms with E-state index in [0.29, 0.717) is 10.3 Å². The molecule has 3 N–H and O–H groups in total. The Balaban J connectivity index is 3.17. The van der Waals surface area contributed by atoms with Crippen molar-refractivity contribution in [1.82, 2.24) is 4.98 Å². The number of pyridine rings is 1. The van der Waals surface area contributed by atoms with E-state index in [-0.39, 0.29) is 5.75 Å². The predicted octanol–water partition coefficient (Wildman–Crippen LogP) is 1.13. The molecule has 0 unspecified atom stereocenters. The Morgan fingerprint density at radius 3 is 2.78 bits per heavy atom. The van der Waals surface area contributed by atoms with Gasteiger partial charge in [-0.15, -0.1) is 0 Å². The molecule has 0 saturated heterocycles. The molecule has 9 heavy (non-hydrogen) atoms. The normalized spacial score (nSPS) is 9.44. The maximum atomic E-state index is 8.79. The Morgan fingerprint density at radius 1 is 1.67 bits per heavy atom. The van der Waals surface area contributed by atoms with Crippen LogP contribution in [0.5, 0.6) is 5.75 Å². The lowest BCUT2D eigenvalue weighted by Crippen LogP contribution is -1.89. The van der Waals surface area contributed by atoms with Gasteiger partial charge in [0, 0.05) is 0 Å². The summed E-state index contributed by atoms with van der Waals surface area (Å²) in [7, 11) is 0. The van der Waals surface area contributed by atoms with Crippen LogP contribution in [0.3, 0.4) is 0 Å². The number of anilines is 1. The summed E-state index contributed by atoms with van der Waals surface area (Å²) >= 11 is 3.10. The van der Waals surface area contributed by atoms with E-state index in [1.165, 1.54) is 12.3 Å². The number of nitrogens with two attached hydrogens (primary N) is 1. The summed E-state index contributed by atoms with van der Waals surface area (Å²) in [5.74, 6) is 0.490. The van der Waals surface area contributed by atoms with Gasteiger partial charge >= 0.3 is 0 Å². The predicted molar refractivity (Wildman–Crippen MR) is 38.0 cm³/mol. The summed E-state index contributed by atoms with van der Waals surface area (Å²) in [6.07, 6.45) is 1.29. The summed E-state index contributed by atoms with van der Waals surface area (Å²) in [5.41, 5.74) is 5.32. The van der Waals surface area contributed by atoms with Crippen LogP contribution in [0.4, 0.5) is 5.82 Å². The Kier molecular flexibility index (Phi) is 1.57. The van der Waals surface area contributed by atoms with Crippen molar-refractivity contribution in [2.75, 3.05) is 5.73 Å². The van der Waals surface area contributed by atoms with E-state index in [9.17, 15) is 0 Å². The zero-order valence-corrected chi connectivity index (χ0v) is 6.09. The molecule has 0 radical (unpaired) electrons. The van der Waals surface area contributed by atoms with Crippen LogP contribution >= 0.6 is 15.9 Å². The molecule has 0 fully saturated rings. The van der Waals surface area contributed by atoms with Gasteiger partial charge in [-0.2, -0.15) is 0 Å². The average molecular weight is 189 g/mol. The monoisotopic (exact) mass is 188 g/mol. The molecular formula is C5H5BrN2O. The molecule has 0 saturated carbocycles. The topological polar surface area (TPSA) is 59.1 Å². The second-order valence-corrected chi connectivity index (χ2v) is 2.41. The number of hydrogen-bond donors (Lipinski definition) is 2. The van der Waals surface area contributed by atoms with Crippen LogP contribution in [0, 0.1) is 0 Å². The molecular weight excluding hydrogens is 184 g/mol. The van der Waals surface area contributed by atoms with Crippen LogP contribution < -0.4 is 5.73 Å². The first-order valence-electron chi connectivity index (χ1n) is 2.30. The molecule has 0 aromatic carbocycles. The molecule has 3 nitrogen and oxygen atoms in total. The molecule has 0 atom stereocenters. The van der Waals surface area contributed by atoms with E-state index >= 15 is 0 Å². The van der Waals surface area contributed by atoms with Crippen LogP contribution in [-0.4, -0.2) is 10.1 Å². The van der Waals surface area contributed by atoms with E-state index in [0.717, 1.165) is 0 Å². The number of rotatable bonds is 0. The second-order valence-electron chi connectivity index (χ2n) is 1.56. The summed E-state index contributed by atoms with van der Waals surface area (Å²) in [4.78, 5) is 3.66. The van der Waals surface area contributed by atoms with Crippen molar-refractivity contribution in [2.24, 2.45) is 0 Å². The minimum absolute atomic E-state index is 0.107. The van der Waals surface area contributed by atoms with Gasteiger partial charge in [-0.25, -0.2) is 4.98 Å². The van der Waals surface area contributed by atoms with Gasteiger partial charge in [0.05, 0.1) is 10.7 Å². The lowest BCUT2D eigenvalue weighted by atomic mass is 10.4. The van der Waals surface area contributed by atoms with Gasteiger partial charge in [-0.1, -0.05) is 0 Å². The molecule has 1 aromatic heterocycles. The molecule has 0 bridgehead atoms. The minimum Gasteiger partial charge on any atom is -0.506 e. The summed E-state index contributed by atoms with van der Waals surface area (Å²) in [6, 6.07) is 1.49. The maximum Gasteiger partial charge on any atom is 0.137 e. The third kappa shape index (κ3) is 1.32. The average Bonchev–Trinajstić information content (AvgIpc) is 1.80. The fourth-order valence-corrected chi connectivity index (χ4v) is 0.775. The molecule has 0 aliphatic rings. The van der Waals surface area contributed by atoms with Gasteiger partial charge in [0.1, 0.15) is 11.6 Å². The zero-order chi connectivity index (χ0) is 6.85. The lowest BCUT2D eigenvalue weighted by molar-refractivity contribution is 0.472. The molecule has 0 aliphatic carbocycles. The SMILES string of the molecule is Nc1ncc(O)cc1Br. The number of hydrogen-bond acceptors (Lipinski definition) is 3. The van der Waals surface area contributed by atoms with Crippen molar-refractivity contribution < 1.29 is 5.11 Å². The highest BCUT2D eigenvalue weighted by Gasteiger charge is 1.95. The van der Waals surface area contributed by atoms with Gasteiger partial charge in [0.25, 0.3) is 0 Å². The van der Waals surface area contributed by atoms with Crippen molar-refractivity contribution in [3.05, 3.63) is 16.7 Å². The smallest absolute Gasteiger partial charge is 0.137 e. The van der Waals surface area contributed by atoms with E-state index in [4.69, 9.17) is 10.8 Å². The molecule has 1 rings (SSSR count). The van der Waals surface area contributed by atoms with Crippen LogP contribution in [0.2, 0.25) is 0 Å². The van der Waals surface area contributed by atoms with Crippen molar-refractivity contribution in [2.45, 2.75) is 0 Å². The highest BCUT2D eigenvalue weighted by atomic mass is 79.9. The van der Waals surface area contributed by atoms with E-state index in [1.807, 2.05) is 0 Å². The maximum absolute atomic E-state index is 8.79. The lowest BCUT2D eigenvalue weighted by Gasteiger charge is -1.94. The van der Waals surface area contributed by atoms with E-state index < -0.39 is 0 Å². The first-order chi connectivity index (χ1) is 4.20. The Labute approximate surface area is 60.7 Å². The Hall–Kier alpha value is -0.770. The van der Waals surface area contributed by atoms with Gasteiger partial charge < -0.3 is 10.8 Å². The van der Waals surface area contributed by atoms with E-state index in [1.54, 1.807) is 0 Å². The molecule has 1 heterocycles. The molecule has 0 spiro atoms. The highest BCUT2D eigenvalue weighted by Crippen LogP contribution is 2.20. The van der Waals surface area contributed by atoms with Crippen molar-refractivity contribution in [3.8, 4) is 5.75 Å². The largest absolute Gasteiger partial charge is 0.506 e. The van der Waals surface area contributed by atoms with Crippen molar-refractivity contribution >= 4 is 21.7 Å². The fraction of sp³-hybridized carbons (Fsp3) is 0. The number of nitrogens with zero attached hydrogens (tertiary/aromatic N) is 1. The summed E-state index contributed by atoms with van der Waals surface area (Å²) in [5, 5.41) is 8.79. The van der Waals surface area contributed by atoms with Gasteiger partial charge in [-0.05, 0) is 22.0 Å². The number of aromatic hydroxyl groups is 1. The quantitative estimate of drug-likeness (QED) is 0.643. The molecule has 4 heteroatoms. The van der Waals surface area contributed by atoms with Crippen LogP contribution in [-0.2, 0) is 0 Å². The van der Waals surface area contributed by atoms with Gasteiger partial charge in [0.2, 0.25) is 0 Å². The number of aromatic nitrogens is 1. The van der Waals surface area contributed by atoms with Crippen molar-refractivity contribution in [3.63, 3.8) is 0 Å². The summed E-state index contributed by atoms with van der Waals surface area (Å²) < 4.78 is 0.613. The first-order valence-corrected chi connectivity index (χ1v) is 3.09. The number of halogens is 1. The Morgan fingerprint density at radius 2 is 2.33 bits per heavy atom. The summed E-state index contributed by atoms with van der Waals surface area (Å²) in [6.45, 7) is 0. The van der Waals surface area contributed by atoms with Crippen LogP contribution in [0.25, 0.3) is 0 Å². The third-order valence-corrected chi connectivity index (χ3v) is 1.49. The molecule has 0 amide bonds. The standard InChI is InChI=1S/C5H5BrN2O/c6-4-1-3(9)2-8-5(4)7/h1-2,9H,(H2,7,8). The molecule has 1 aromatic rings. The Bertz CT molecular complexity index is 226. The minimum atomic E-state index is 0.107. The van der Waals surface area contributed by atoms with Crippen LogP contribution in [0.15, 0.2) is 16.7 Å². The molecule has 48 valence electrons. The molecule has 0 aliphatic heterocycles. The van der Waals surface area contributed by atoms with Crippen LogP contribution in [0.1, 0.15) is 0 Å². The first kappa shape index (κ1) is 6.35. The van der Waals surface area contributed by atoms with Gasteiger partial charge in [0.15, 0.2) is 0 Å².